The Labute approximate surface area is 118 Å². The molecule has 0 saturated carbocycles. The third-order valence-corrected chi connectivity index (χ3v) is 3.08. The van der Waals surface area contributed by atoms with E-state index in [1.807, 2.05) is 36.4 Å². The Hall–Kier alpha value is -2.27. The summed E-state index contributed by atoms with van der Waals surface area (Å²) < 4.78 is 5.28. The van der Waals surface area contributed by atoms with E-state index in [1.54, 1.807) is 6.26 Å². The van der Waals surface area contributed by atoms with E-state index in [2.05, 4.69) is 17.6 Å². The molecule has 0 aliphatic rings. The van der Waals surface area contributed by atoms with Gasteiger partial charge in [0, 0.05) is 24.7 Å². The van der Waals surface area contributed by atoms with Crippen LogP contribution in [0.5, 0.6) is 0 Å². The minimum absolute atomic E-state index is 0.229. The van der Waals surface area contributed by atoms with Crippen molar-refractivity contribution in [1.82, 2.24) is 5.32 Å². The highest BCUT2D eigenvalue weighted by Gasteiger charge is 2.05. The minimum Gasteiger partial charge on any atom is -0.469 e. The van der Waals surface area contributed by atoms with Crippen molar-refractivity contribution in [3.8, 4) is 0 Å². The number of primary amides is 1. The number of amides is 2. The number of anilines is 1. The molecule has 106 valence electrons. The molecule has 0 aliphatic heterocycles. The van der Waals surface area contributed by atoms with Gasteiger partial charge >= 0.3 is 6.03 Å². The average Bonchev–Trinajstić information content (AvgIpc) is 2.92. The molecule has 0 bridgehead atoms. The lowest BCUT2D eigenvalue weighted by atomic mass is 10.1. The highest BCUT2D eigenvalue weighted by atomic mass is 16.3. The zero-order valence-electron chi connectivity index (χ0n) is 11.4. The first-order valence-corrected chi connectivity index (χ1v) is 6.57. The number of benzene rings is 1. The molecule has 4 N–H and O–H groups in total. The largest absolute Gasteiger partial charge is 0.469 e. The van der Waals surface area contributed by atoms with E-state index in [-0.39, 0.29) is 6.04 Å². The van der Waals surface area contributed by atoms with E-state index in [1.165, 1.54) is 0 Å². The second-order valence-electron chi connectivity index (χ2n) is 4.62. The van der Waals surface area contributed by atoms with E-state index in [0.29, 0.717) is 5.69 Å². The van der Waals surface area contributed by atoms with Crippen LogP contribution < -0.4 is 16.4 Å². The van der Waals surface area contributed by atoms with Crippen molar-refractivity contribution in [2.45, 2.75) is 19.4 Å². The quantitative estimate of drug-likeness (QED) is 0.757. The summed E-state index contributed by atoms with van der Waals surface area (Å²) >= 11 is 0. The SMILES string of the molecule is CC(NCCc1ccco1)c1ccc(NC(N)=O)cc1. The monoisotopic (exact) mass is 273 g/mol. The molecule has 1 aromatic heterocycles. The fourth-order valence-corrected chi connectivity index (χ4v) is 1.98. The van der Waals surface area contributed by atoms with Crippen LogP contribution in [-0.4, -0.2) is 12.6 Å². The number of urea groups is 1. The molecule has 0 aliphatic carbocycles. The second-order valence-corrected chi connectivity index (χ2v) is 4.62. The number of carbonyl (C=O) groups excluding carboxylic acids is 1. The molecule has 20 heavy (non-hydrogen) atoms. The fraction of sp³-hybridized carbons (Fsp3) is 0.267. The Morgan fingerprint density at radius 1 is 1.30 bits per heavy atom. The predicted octanol–water partition coefficient (Wildman–Crippen LogP) is 2.66. The highest BCUT2D eigenvalue weighted by molar-refractivity contribution is 5.87. The van der Waals surface area contributed by atoms with Crippen LogP contribution in [0.1, 0.15) is 24.3 Å². The van der Waals surface area contributed by atoms with Gasteiger partial charge in [-0.25, -0.2) is 4.79 Å². The highest BCUT2D eigenvalue weighted by Crippen LogP contribution is 2.16. The smallest absolute Gasteiger partial charge is 0.316 e. The number of nitrogens with two attached hydrogens (primary N) is 1. The summed E-state index contributed by atoms with van der Waals surface area (Å²) in [6.07, 6.45) is 2.54. The van der Waals surface area contributed by atoms with E-state index < -0.39 is 6.03 Å². The van der Waals surface area contributed by atoms with Crippen molar-refractivity contribution in [2.75, 3.05) is 11.9 Å². The molecule has 0 fully saturated rings. The zero-order valence-corrected chi connectivity index (χ0v) is 11.4. The van der Waals surface area contributed by atoms with Crippen molar-refractivity contribution in [1.29, 1.82) is 0 Å². The molecule has 1 aromatic carbocycles. The number of carbonyl (C=O) groups is 1. The first-order chi connectivity index (χ1) is 9.65. The van der Waals surface area contributed by atoms with Gasteiger partial charge in [0.15, 0.2) is 0 Å². The van der Waals surface area contributed by atoms with E-state index in [0.717, 1.165) is 24.3 Å². The third-order valence-electron chi connectivity index (χ3n) is 3.08. The number of hydrogen-bond acceptors (Lipinski definition) is 3. The van der Waals surface area contributed by atoms with E-state index in [9.17, 15) is 4.79 Å². The van der Waals surface area contributed by atoms with Gasteiger partial charge in [-0.3, -0.25) is 0 Å². The molecule has 2 aromatic rings. The van der Waals surface area contributed by atoms with Crippen molar-refractivity contribution in [3.63, 3.8) is 0 Å². The summed E-state index contributed by atoms with van der Waals surface area (Å²) in [7, 11) is 0. The summed E-state index contributed by atoms with van der Waals surface area (Å²) in [4.78, 5) is 10.7. The Morgan fingerprint density at radius 2 is 2.05 bits per heavy atom. The summed E-state index contributed by atoms with van der Waals surface area (Å²) in [5.74, 6) is 0.978. The lowest BCUT2D eigenvalue weighted by Crippen LogP contribution is -2.21. The number of furan rings is 1. The number of rotatable bonds is 6. The molecular weight excluding hydrogens is 254 g/mol. The standard InChI is InChI=1S/C15H19N3O2/c1-11(17-9-8-14-3-2-10-20-14)12-4-6-13(7-5-12)18-15(16)19/h2-7,10-11,17H,8-9H2,1H3,(H3,16,18,19). The third kappa shape index (κ3) is 4.13. The molecule has 1 heterocycles. The maximum absolute atomic E-state index is 10.7. The maximum atomic E-state index is 10.7. The van der Waals surface area contributed by atoms with Gasteiger partial charge in [0.05, 0.1) is 6.26 Å². The summed E-state index contributed by atoms with van der Waals surface area (Å²) in [5, 5.41) is 5.96. The predicted molar refractivity (Wildman–Crippen MR) is 78.5 cm³/mol. The van der Waals surface area contributed by atoms with Crippen LogP contribution in [0.3, 0.4) is 0 Å². The van der Waals surface area contributed by atoms with Crippen LogP contribution >= 0.6 is 0 Å². The van der Waals surface area contributed by atoms with Gasteiger partial charge in [-0.05, 0) is 36.8 Å². The molecular formula is C15H19N3O2. The van der Waals surface area contributed by atoms with Gasteiger partial charge in [-0.1, -0.05) is 12.1 Å². The van der Waals surface area contributed by atoms with Crippen molar-refractivity contribution in [2.24, 2.45) is 5.73 Å². The molecule has 2 rings (SSSR count). The van der Waals surface area contributed by atoms with Gasteiger partial charge in [0.25, 0.3) is 0 Å². The van der Waals surface area contributed by atoms with Crippen molar-refractivity contribution < 1.29 is 9.21 Å². The summed E-state index contributed by atoms with van der Waals surface area (Å²) in [5.41, 5.74) is 6.91. The lowest BCUT2D eigenvalue weighted by Gasteiger charge is -2.14. The molecule has 0 spiro atoms. The molecule has 5 heteroatoms. The fourth-order valence-electron chi connectivity index (χ4n) is 1.98. The van der Waals surface area contributed by atoms with Crippen LogP contribution in [-0.2, 0) is 6.42 Å². The molecule has 5 nitrogen and oxygen atoms in total. The van der Waals surface area contributed by atoms with Crippen LogP contribution in [0.15, 0.2) is 47.1 Å². The van der Waals surface area contributed by atoms with Crippen molar-refractivity contribution in [3.05, 3.63) is 54.0 Å². The van der Waals surface area contributed by atoms with Gasteiger partial charge < -0.3 is 20.8 Å². The average molecular weight is 273 g/mol. The molecule has 1 unspecified atom stereocenters. The Bertz CT molecular complexity index is 535. The van der Waals surface area contributed by atoms with E-state index >= 15 is 0 Å². The van der Waals surface area contributed by atoms with Gasteiger partial charge in [0.1, 0.15) is 5.76 Å². The molecule has 1 atom stereocenters. The minimum atomic E-state index is -0.553. The number of hydrogen-bond donors (Lipinski definition) is 3. The van der Waals surface area contributed by atoms with Crippen LogP contribution in [0.25, 0.3) is 0 Å². The maximum Gasteiger partial charge on any atom is 0.316 e. The van der Waals surface area contributed by atoms with Gasteiger partial charge in [0.2, 0.25) is 0 Å². The first-order valence-electron chi connectivity index (χ1n) is 6.57. The summed E-state index contributed by atoms with van der Waals surface area (Å²) in [6.45, 7) is 2.94. The van der Waals surface area contributed by atoms with E-state index in [4.69, 9.17) is 10.2 Å². The summed E-state index contributed by atoms with van der Waals surface area (Å²) in [6, 6.07) is 11.1. The topological polar surface area (TPSA) is 80.3 Å². The number of nitrogens with one attached hydrogen (secondary N) is 2. The Balaban J connectivity index is 1.82. The van der Waals surface area contributed by atoms with Crippen LogP contribution in [0.4, 0.5) is 10.5 Å². The molecule has 2 amide bonds. The second kappa shape index (κ2) is 6.77. The van der Waals surface area contributed by atoms with Gasteiger partial charge in [-0.15, -0.1) is 0 Å². The van der Waals surface area contributed by atoms with Crippen molar-refractivity contribution >= 4 is 11.7 Å². The normalized spacial score (nSPS) is 12.1. The Kier molecular flexibility index (Phi) is 4.79. The van der Waals surface area contributed by atoms with Crippen LogP contribution in [0.2, 0.25) is 0 Å². The zero-order chi connectivity index (χ0) is 14.4. The molecule has 0 saturated heterocycles. The first kappa shape index (κ1) is 14.1. The van der Waals surface area contributed by atoms with Crippen LogP contribution in [0, 0.1) is 0 Å². The van der Waals surface area contributed by atoms with Gasteiger partial charge in [-0.2, -0.15) is 0 Å². The molecule has 0 radical (unpaired) electrons. The Morgan fingerprint density at radius 3 is 2.65 bits per heavy atom. The lowest BCUT2D eigenvalue weighted by molar-refractivity contribution is 0.259.